The van der Waals surface area contributed by atoms with Gasteiger partial charge in [-0.2, -0.15) is 0 Å². The zero-order chi connectivity index (χ0) is 13.4. The Hall–Kier alpha value is -1.55. The minimum atomic E-state index is -0.854. The monoisotopic (exact) mass is 250 g/mol. The van der Waals surface area contributed by atoms with Gasteiger partial charge in [-0.05, 0) is 44.0 Å². The molecule has 1 aliphatic heterocycles. The Kier molecular flexibility index (Phi) is 6.22. The van der Waals surface area contributed by atoms with Crippen molar-refractivity contribution in [2.75, 3.05) is 18.8 Å². The van der Waals surface area contributed by atoms with E-state index in [1.807, 2.05) is 19.1 Å². The van der Waals surface area contributed by atoms with E-state index in [0.29, 0.717) is 11.3 Å². The summed E-state index contributed by atoms with van der Waals surface area (Å²) in [5.41, 5.74) is 7.86. The largest absolute Gasteiger partial charge is 0.481 e. The van der Waals surface area contributed by atoms with Gasteiger partial charge in [0, 0.05) is 5.69 Å². The highest BCUT2D eigenvalue weighted by Crippen LogP contribution is 2.16. The SMILES string of the molecule is C1CCNCC1.Cc1cccc(CC(=O)O)c1N. The van der Waals surface area contributed by atoms with Gasteiger partial charge in [-0.25, -0.2) is 0 Å². The fraction of sp³-hybridized carbons (Fsp3) is 0.500. The number of rotatable bonds is 2. The van der Waals surface area contributed by atoms with E-state index in [2.05, 4.69) is 5.32 Å². The maximum Gasteiger partial charge on any atom is 0.307 e. The molecule has 0 unspecified atom stereocenters. The van der Waals surface area contributed by atoms with Crippen LogP contribution in [0.2, 0.25) is 0 Å². The van der Waals surface area contributed by atoms with E-state index in [-0.39, 0.29) is 6.42 Å². The van der Waals surface area contributed by atoms with Gasteiger partial charge < -0.3 is 16.2 Å². The van der Waals surface area contributed by atoms with Gasteiger partial charge in [0.05, 0.1) is 6.42 Å². The molecule has 1 fully saturated rings. The number of anilines is 1. The molecule has 4 N–H and O–H groups in total. The molecule has 1 saturated heterocycles. The second kappa shape index (κ2) is 7.71. The fourth-order valence-corrected chi connectivity index (χ4v) is 1.86. The third-order valence-electron chi connectivity index (χ3n) is 2.96. The molecular weight excluding hydrogens is 228 g/mol. The number of nitrogen functional groups attached to an aromatic ring is 1. The summed E-state index contributed by atoms with van der Waals surface area (Å²) in [6.45, 7) is 4.36. The molecule has 18 heavy (non-hydrogen) atoms. The van der Waals surface area contributed by atoms with Crippen molar-refractivity contribution in [1.29, 1.82) is 0 Å². The Morgan fingerprint density at radius 1 is 1.33 bits per heavy atom. The van der Waals surface area contributed by atoms with Crippen LogP contribution in [0.5, 0.6) is 0 Å². The number of carbonyl (C=O) groups is 1. The molecule has 0 atom stereocenters. The quantitative estimate of drug-likeness (QED) is 0.701. The highest BCUT2D eigenvalue weighted by Gasteiger charge is 2.04. The van der Waals surface area contributed by atoms with Crippen LogP contribution in [0, 0.1) is 6.92 Å². The molecule has 100 valence electrons. The average molecular weight is 250 g/mol. The molecular formula is C14H22N2O2. The van der Waals surface area contributed by atoms with Crippen molar-refractivity contribution in [3.8, 4) is 0 Å². The number of para-hydroxylation sites is 1. The lowest BCUT2D eigenvalue weighted by Crippen LogP contribution is -2.21. The first-order valence-corrected chi connectivity index (χ1v) is 6.37. The van der Waals surface area contributed by atoms with E-state index < -0.39 is 5.97 Å². The van der Waals surface area contributed by atoms with E-state index in [4.69, 9.17) is 10.8 Å². The Labute approximate surface area is 108 Å². The standard InChI is InChI=1S/C9H11NO2.C5H11N/c1-6-3-2-4-7(9(6)10)5-8(11)12;1-2-4-6-5-3-1/h2-4H,5,10H2,1H3,(H,11,12);6H,1-5H2. The van der Waals surface area contributed by atoms with Crippen LogP contribution in [-0.2, 0) is 11.2 Å². The third kappa shape index (κ3) is 5.19. The molecule has 1 heterocycles. The topological polar surface area (TPSA) is 75.3 Å². The van der Waals surface area contributed by atoms with Crippen LogP contribution in [0.4, 0.5) is 5.69 Å². The van der Waals surface area contributed by atoms with Gasteiger partial charge in [0.1, 0.15) is 0 Å². The van der Waals surface area contributed by atoms with Gasteiger partial charge in [0.2, 0.25) is 0 Å². The number of hydrogen-bond acceptors (Lipinski definition) is 3. The van der Waals surface area contributed by atoms with Gasteiger partial charge in [-0.3, -0.25) is 4.79 Å². The molecule has 0 saturated carbocycles. The van der Waals surface area contributed by atoms with Crippen molar-refractivity contribution in [2.45, 2.75) is 32.6 Å². The summed E-state index contributed by atoms with van der Waals surface area (Å²) < 4.78 is 0. The zero-order valence-corrected chi connectivity index (χ0v) is 10.9. The third-order valence-corrected chi connectivity index (χ3v) is 2.96. The number of aryl methyl sites for hydroxylation is 1. The fourth-order valence-electron chi connectivity index (χ4n) is 1.86. The molecule has 0 bridgehead atoms. The molecule has 4 nitrogen and oxygen atoms in total. The van der Waals surface area contributed by atoms with Crippen LogP contribution >= 0.6 is 0 Å². The highest BCUT2D eigenvalue weighted by molar-refractivity contribution is 5.73. The summed E-state index contributed by atoms with van der Waals surface area (Å²) in [6, 6.07) is 5.40. The van der Waals surface area contributed by atoms with Crippen molar-refractivity contribution in [1.82, 2.24) is 5.32 Å². The lowest BCUT2D eigenvalue weighted by Gasteiger charge is -2.08. The Balaban J connectivity index is 0.000000225. The van der Waals surface area contributed by atoms with Gasteiger partial charge in [-0.1, -0.05) is 24.6 Å². The van der Waals surface area contributed by atoms with Crippen LogP contribution in [0.3, 0.4) is 0 Å². The second-order valence-corrected chi connectivity index (χ2v) is 4.53. The van der Waals surface area contributed by atoms with Gasteiger partial charge in [0.15, 0.2) is 0 Å². The number of carboxylic acids is 1. The number of nitrogens with two attached hydrogens (primary N) is 1. The predicted octanol–water partition coefficient (Wildman–Crippen LogP) is 1.96. The minimum absolute atomic E-state index is 0.00644. The number of hydrogen-bond donors (Lipinski definition) is 3. The molecule has 1 aromatic rings. The minimum Gasteiger partial charge on any atom is -0.481 e. The van der Waals surface area contributed by atoms with Crippen LogP contribution in [0.25, 0.3) is 0 Å². The Bertz CT molecular complexity index is 376. The summed E-state index contributed by atoms with van der Waals surface area (Å²) in [7, 11) is 0. The van der Waals surface area contributed by atoms with Gasteiger partial charge in [-0.15, -0.1) is 0 Å². The highest BCUT2D eigenvalue weighted by atomic mass is 16.4. The first-order chi connectivity index (χ1) is 8.61. The number of aliphatic carboxylic acids is 1. The maximum absolute atomic E-state index is 10.4. The molecule has 0 radical (unpaired) electrons. The average Bonchev–Trinajstić information content (AvgIpc) is 2.37. The van der Waals surface area contributed by atoms with E-state index in [1.165, 1.54) is 32.4 Å². The first-order valence-electron chi connectivity index (χ1n) is 6.37. The smallest absolute Gasteiger partial charge is 0.307 e. The number of piperidine rings is 1. The molecule has 0 spiro atoms. The Morgan fingerprint density at radius 2 is 2.00 bits per heavy atom. The lowest BCUT2D eigenvalue weighted by atomic mass is 10.1. The summed E-state index contributed by atoms with van der Waals surface area (Å²) in [4.78, 5) is 10.4. The van der Waals surface area contributed by atoms with Crippen molar-refractivity contribution in [3.05, 3.63) is 29.3 Å². The second-order valence-electron chi connectivity index (χ2n) is 4.53. The van der Waals surface area contributed by atoms with E-state index in [9.17, 15) is 4.79 Å². The lowest BCUT2D eigenvalue weighted by molar-refractivity contribution is -0.136. The van der Waals surface area contributed by atoms with E-state index in [1.54, 1.807) is 6.07 Å². The first kappa shape index (κ1) is 14.5. The maximum atomic E-state index is 10.4. The van der Waals surface area contributed by atoms with Crippen LogP contribution in [0.1, 0.15) is 30.4 Å². The summed E-state index contributed by atoms with van der Waals surface area (Å²) in [6.07, 6.45) is 4.21. The van der Waals surface area contributed by atoms with E-state index in [0.717, 1.165) is 5.56 Å². The normalized spacial score (nSPS) is 14.5. The summed E-state index contributed by atoms with van der Waals surface area (Å²) in [5.74, 6) is -0.854. The zero-order valence-electron chi connectivity index (χ0n) is 10.9. The number of carboxylic acid groups (broad SMARTS) is 1. The van der Waals surface area contributed by atoms with Crippen molar-refractivity contribution < 1.29 is 9.90 Å². The van der Waals surface area contributed by atoms with Crippen LogP contribution < -0.4 is 11.1 Å². The number of benzene rings is 1. The predicted molar refractivity (Wildman–Crippen MR) is 73.7 cm³/mol. The van der Waals surface area contributed by atoms with Crippen LogP contribution in [-0.4, -0.2) is 24.2 Å². The van der Waals surface area contributed by atoms with Crippen molar-refractivity contribution in [3.63, 3.8) is 0 Å². The molecule has 2 rings (SSSR count). The molecule has 0 aromatic heterocycles. The molecule has 1 aromatic carbocycles. The molecule has 0 amide bonds. The number of nitrogens with one attached hydrogen (secondary N) is 1. The molecule has 0 aliphatic carbocycles. The Morgan fingerprint density at radius 3 is 2.44 bits per heavy atom. The van der Waals surface area contributed by atoms with Gasteiger partial charge in [0.25, 0.3) is 0 Å². The summed E-state index contributed by atoms with van der Waals surface area (Å²) in [5, 5.41) is 11.8. The summed E-state index contributed by atoms with van der Waals surface area (Å²) >= 11 is 0. The molecule has 1 aliphatic rings. The van der Waals surface area contributed by atoms with Crippen molar-refractivity contribution >= 4 is 11.7 Å². The van der Waals surface area contributed by atoms with E-state index >= 15 is 0 Å². The van der Waals surface area contributed by atoms with Gasteiger partial charge >= 0.3 is 5.97 Å². The van der Waals surface area contributed by atoms with Crippen LogP contribution in [0.15, 0.2) is 18.2 Å². The molecule has 4 heteroatoms. The van der Waals surface area contributed by atoms with Crippen molar-refractivity contribution in [2.24, 2.45) is 0 Å².